The van der Waals surface area contributed by atoms with E-state index in [2.05, 4.69) is 19.8 Å². The van der Waals surface area contributed by atoms with Crippen LogP contribution in [0.25, 0.3) is 0 Å². The van der Waals surface area contributed by atoms with Gasteiger partial charge in [-0.2, -0.15) is 4.98 Å². The quantitative estimate of drug-likeness (QED) is 0.844. The largest absolute Gasteiger partial charge is 0.354 e. The Hall–Kier alpha value is -1.11. The van der Waals surface area contributed by atoms with Crippen LogP contribution >= 0.6 is 12.4 Å². The van der Waals surface area contributed by atoms with Gasteiger partial charge in [-0.25, -0.2) is 4.98 Å². The van der Waals surface area contributed by atoms with E-state index in [1.54, 1.807) is 0 Å². The van der Waals surface area contributed by atoms with E-state index in [-0.39, 0.29) is 12.4 Å². The fourth-order valence-corrected chi connectivity index (χ4v) is 2.11. The Labute approximate surface area is 121 Å². The highest BCUT2D eigenvalue weighted by molar-refractivity contribution is 5.85. The summed E-state index contributed by atoms with van der Waals surface area (Å²) in [7, 11) is 3.91. The van der Waals surface area contributed by atoms with Crippen LogP contribution < -0.4 is 15.5 Å². The van der Waals surface area contributed by atoms with Crippen molar-refractivity contribution in [2.75, 3.05) is 63.2 Å². The summed E-state index contributed by atoms with van der Waals surface area (Å²) in [6.07, 6.45) is 1.82. The highest BCUT2D eigenvalue weighted by Gasteiger charge is 2.17. The molecule has 0 radical (unpaired) electrons. The maximum Gasteiger partial charge on any atom is 0.226 e. The Morgan fingerprint density at radius 1 is 1.26 bits per heavy atom. The first kappa shape index (κ1) is 15.9. The van der Waals surface area contributed by atoms with E-state index in [0.717, 1.165) is 51.0 Å². The first-order valence-corrected chi connectivity index (χ1v) is 6.38. The summed E-state index contributed by atoms with van der Waals surface area (Å²) < 4.78 is 0. The second kappa shape index (κ2) is 7.47. The van der Waals surface area contributed by atoms with Crippen molar-refractivity contribution in [2.45, 2.75) is 0 Å². The van der Waals surface area contributed by atoms with Crippen LogP contribution in [0.15, 0.2) is 12.3 Å². The molecule has 0 unspecified atom stereocenters. The van der Waals surface area contributed by atoms with Crippen LogP contribution in [0.3, 0.4) is 0 Å². The summed E-state index contributed by atoms with van der Waals surface area (Å²) in [4.78, 5) is 15.4. The number of halogens is 1. The summed E-state index contributed by atoms with van der Waals surface area (Å²) in [6, 6.07) is 1.98. The van der Waals surface area contributed by atoms with Crippen molar-refractivity contribution in [1.29, 1.82) is 0 Å². The van der Waals surface area contributed by atoms with E-state index in [9.17, 15) is 0 Å². The van der Waals surface area contributed by atoms with Crippen LogP contribution in [0.2, 0.25) is 0 Å². The molecule has 0 atom stereocenters. The number of aromatic nitrogens is 2. The van der Waals surface area contributed by atoms with Crippen molar-refractivity contribution in [3.05, 3.63) is 12.3 Å². The average Bonchev–Trinajstić information content (AvgIpc) is 2.40. The van der Waals surface area contributed by atoms with Gasteiger partial charge in [0.15, 0.2) is 0 Å². The second-order valence-corrected chi connectivity index (χ2v) is 4.73. The van der Waals surface area contributed by atoms with Gasteiger partial charge in [-0.3, -0.25) is 4.90 Å². The maximum absolute atomic E-state index is 5.58. The molecule has 2 rings (SSSR count). The van der Waals surface area contributed by atoms with E-state index in [0.29, 0.717) is 0 Å². The van der Waals surface area contributed by atoms with Crippen LogP contribution in [0, 0.1) is 0 Å². The van der Waals surface area contributed by atoms with E-state index in [4.69, 9.17) is 5.73 Å². The third-order valence-corrected chi connectivity index (χ3v) is 3.17. The summed E-state index contributed by atoms with van der Waals surface area (Å²) in [5, 5.41) is 0. The molecule has 2 N–H and O–H groups in total. The Balaban J connectivity index is 0.00000180. The Bertz CT molecular complexity index is 378. The van der Waals surface area contributed by atoms with E-state index < -0.39 is 0 Å². The zero-order chi connectivity index (χ0) is 13.0. The molecular formula is C12H23ClN6. The minimum atomic E-state index is 0. The van der Waals surface area contributed by atoms with Crippen molar-refractivity contribution in [2.24, 2.45) is 5.73 Å². The summed E-state index contributed by atoms with van der Waals surface area (Å²) in [6.45, 7) is 5.84. The Morgan fingerprint density at radius 3 is 2.53 bits per heavy atom. The number of hydrogen-bond donors (Lipinski definition) is 1. The highest BCUT2D eigenvalue weighted by Crippen LogP contribution is 2.15. The molecule has 0 spiro atoms. The lowest BCUT2D eigenvalue weighted by Crippen LogP contribution is -2.48. The molecular weight excluding hydrogens is 264 g/mol. The van der Waals surface area contributed by atoms with Gasteiger partial charge in [-0.05, 0) is 6.07 Å². The van der Waals surface area contributed by atoms with E-state index in [1.807, 2.05) is 31.3 Å². The number of piperazine rings is 1. The first-order valence-electron chi connectivity index (χ1n) is 6.38. The SMILES string of the molecule is CN(C)c1nccc(N2CCN(CCN)CC2)n1.Cl. The lowest BCUT2D eigenvalue weighted by Gasteiger charge is -2.35. The van der Waals surface area contributed by atoms with Crippen molar-refractivity contribution < 1.29 is 0 Å². The smallest absolute Gasteiger partial charge is 0.226 e. The first-order chi connectivity index (χ1) is 8.70. The topological polar surface area (TPSA) is 61.5 Å². The van der Waals surface area contributed by atoms with Gasteiger partial charge < -0.3 is 15.5 Å². The summed E-state index contributed by atoms with van der Waals surface area (Å²) >= 11 is 0. The van der Waals surface area contributed by atoms with Crippen molar-refractivity contribution in [3.8, 4) is 0 Å². The van der Waals surface area contributed by atoms with Gasteiger partial charge in [0.25, 0.3) is 0 Å². The second-order valence-electron chi connectivity index (χ2n) is 4.73. The molecule has 7 heteroatoms. The van der Waals surface area contributed by atoms with E-state index >= 15 is 0 Å². The lowest BCUT2D eigenvalue weighted by atomic mass is 10.3. The molecule has 1 aliphatic rings. The molecule has 1 saturated heterocycles. The van der Waals surface area contributed by atoms with Gasteiger partial charge in [-0.15, -0.1) is 12.4 Å². The molecule has 1 fully saturated rings. The average molecular weight is 287 g/mol. The number of nitrogens with two attached hydrogens (primary N) is 1. The van der Waals surface area contributed by atoms with Crippen molar-refractivity contribution in [3.63, 3.8) is 0 Å². The number of anilines is 2. The molecule has 0 aromatic carbocycles. The summed E-state index contributed by atoms with van der Waals surface area (Å²) in [5.74, 6) is 1.78. The van der Waals surface area contributed by atoms with Gasteiger partial charge in [0.05, 0.1) is 0 Å². The van der Waals surface area contributed by atoms with Crippen LogP contribution in [0.5, 0.6) is 0 Å². The molecule has 0 amide bonds. The molecule has 6 nitrogen and oxygen atoms in total. The number of rotatable bonds is 4. The van der Waals surface area contributed by atoms with Crippen LogP contribution in [0.4, 0.5) is 11.8 Å². The zero-order valence-electron chi connectivity index (χ0n) is 11.6. The molecule has 0 bridgehead atoms. The predicted molar refractivity (Wildman–Crippen MR) is 81.3 cm³/mol. The third kappa shape index (κ3) is 4.19. The molecule has 2 heterocycles. The molecule has 108 valence electrons. The minimum absolute atomic E-state index is 0. The molecule has 0 aliphatic carbocycles. The van der Waals surface area contributed by atoms with Crippen LogP contribution in [-0.2, 0) is 0 Å². The number of nitrogens with zero attached hydrogens (tertiary/aromatic N) is 5. The Morgan fingerprint density at radius 2 is 1.95 bits per heavy atom. The van der Waals surface area contributed by atoms with Gasteiger partial charge >= 0.3 is 0 Å². The third-order valence-electron chi connectivity index (χ3n) is 3.17. The predicted octanol–water partition coefficient (Wildman–Crippen LogP) is 0.0451. The van der Waals surface area contributed by atoms with Crippen molar-refractivity contribution in [1.82, 2.24) is 14.9 Å². The van der Waals surface area contributed by atoms with Crippen LogP contribution in [-0.4, -0.2) is 68.2 Å². The molecule has 0 saturated carbocycles. The standard InChI is InChI=1S/C12H22N6.ClH/c1-16(2)12-14-5-3-11(15-12)18-9-7-17(6-4-13)8-10-18;/h3,5H,4,6-10,13H2,1-2H3;1H. The molecule has 19 heavy (non-hydrogen) atoms. The zero-order valence-corrected chi connectivity index (χ0v) is 12.4. The Kier molecular flexibility index (Phi) is 6.27. The van der Waals surface area contributed by atoms with Crippen molar-refractivity contribution >= 4 is 24.2 Å². The monoisotopic (exact) mass is 286 g/mol. The molecule has 1 aromatic rings. The highest BCUT2D eigenvalue weighted by atomic mass is 35.5. The van der Waals surface area contributed by atoms with E-state index in [1.165, 1.54) is 0 Å². The summed E-state index contributed by atoms with van der Waals surface area (Å²) in [5.41, 5.74) is 5.58. The van der Waals surface area contributed by atoms with Gasteiger partial charge in [0.2, 0.25) is 5.95 Å². The fourth-order valence-electron chi connectivity index (χ4n) is 2.11. The van der Waals surface area contributed by atoms with Crippen LogP contribution in [0.1, 0.15) is 0 Å². The van der Waals surface area contributed by atoms with Gasteiger partial charge in [-0.1, -0.05) is 0 Å². The lowest BCUT2D eigenvalue weighted by molar-refractivity contribution is 0.264. The van der Waals surface area contributed by atoms with Gasteiger partial charge in [0, 0.05) is 59.6 Å². The molecule has 1 aliphatic heterocycles. The minimum Gasteiger partial charge on any atom is -0.354 e. The molecule has 1 aromatic heterocycles. The van der Waals surface area contributed by atoms with Gasteiger partial charge in [0.1, 0.15) is 5.82 Å². The maximum atomic E-state index is 5.58. The number of hydrogen-bond acceptors (Lipinski definition) is 6. The normalized spacial score (nSPS) is 16.1. The fraction of sp³-hybridized carbons (Fsp3) is 0.667.